The van der Waals surface area contributed by atoms with Crippen molar-refractivity contribution in [2.24, 2.45) is 0 Å². The zero-order valence-corrected chi connectivity index (χ0v) is 16.2. The molecule has 4 nitrogen and oxygen atoms in total. The van der Waals surface area contributed by atoms with Crippen LogP contribution in [0.3, 0.4) is 0 Å². The summed E-state index contributed by atoms with van der Waals surface area (Å²) in [7, 11) is 1.69. The SMILES string of the molecule is CCOc1ccccc1NC(=S)NC1(c2ccc(OC)cc2)CCCC1. The Bertz CT molecular complexity index is 740. The summed E-state index contributed by atoms with van der Waals surface area (Å²) in [4.78, 5) is 0. The third-order valence-electron chi connectivity index (χ3n) is 4.89. The lowest BCUT2D eigenvalue weighted by Gasteiger charge is -2.32. The van der Waals surface area contributed by atoms with Gasteiger partial charge in [0.2, 0.25) is 0 Å². The maximum Gasteiger partial charge on any atom is 0.171 e. The van der Waals surface area contributed by atoms with Gasteiger partial charge in [0.25, 0.3) is 0 Å². The summed E-state index contributed by atoms with van der Waals surface area (Å²) >= 11 is 5.63. The van der Waals surface area contributed by atoms with E-state index in [1.54, 1.807) is 7.11 Å². The van der Waals surface area contributed by atoms with Gasteiger partial charge in [0, 0.05) is 0 Å². The van der Waals surface area contributed by atoms with Gasteiger partial charge in [0.1, 0.15) is 11.5 Å². The molecule has 2 aromatic carbocycles. The van der Waals surface area contributed by atoms with Crippen molar-refractivity contribution in [2.75, 3.05) is 19.0 Å². The quantitative estimate of drug-likeness (QED) is 0.712. The maximum absolute atomic E-state index is 5.68. The predicted octanol–water partition coefficient (Wildman–Crippen LogP) is 4.85. The lowest BCUT2D eigenvalue weighted by molar-refractivity contribution is 0.342. The number of thiocarbonyl (C=S) groups is 1. The van der Waals surface area contributed by atoms with Crippen molar-refractivity contribution in [1.82, 2.24) is 5.32 Å². The van der Waals surface area contributed by atoms with Crippen molar-refractivity contribution >= 4 is 23.0 Å². The first-order chi connectivity index (χ1) is 12.7. The summed E-state index contributed by atoms with van der Waals surface area (Å²) < 4.78 is 11.0. The van der Waals surface area contributed by atoms with Gasteiger partial charge in [-0.2, -0.15) is 0 Å². The molecule has 1 aliphatic rings. The molecular formula is C21H26N2O2S. The normalized spacial score (nSPS) is 15.3. The Morgan fingerprint density at radius 2 is 1.77 bits per heavy atom. The molecule has 0 spiro atoms. The van der Waals surface area contributed by atoms with Crippen LogP contribution in [0, 0.1) is 0 Å². The summed E-state index contributed by atoms with van der Waals surface area (Å²) in [6.07, 6.45) is 4.51. The summed E-state index contributed by atoms with van der Waals surface area (Å²) in [5.41, 5.74) is 2.00. The van der Waals surface area contributed by atoms with Crippen molar-refractivity contribution in [3.63, 3.8) is 0 Å². The number of benzene rings is 2. The van der Waals surface area contributed by atoms with Gasteiger partial charge in [-0.1, -0.05) is 37.1 Å². The molecule has 26 heavy (non-hydrogen) atoms. The third kappa shape index (κ3) is 4.10. The number of hydrogen-bond acceptors (Lipinski definition) is 3. The number of nitrogens with one attached hydrogen (secondary N) is 2. The topological polar surface area (TPSA) is 42.5 Å². The Morgan fingerprint density at radius 3 is 2.42 bits per heavy atom. The molecular weight excluding hydrogens is 344 g/mol. The molecule has 0 unspecified atom stereocenters. The van der Waals surface area contributed by atoms with Crippen LogP contribution in [-0.2, 0) is 5.54 Å². The number of para-hydroxylation sites is 2. The second-order valence-electron chi connectivity index (χ2n) is 6.53. The minimum absolute atomic E-state index is 0.128. The van der Waals surface area contributed by atoms with Gasteiger partial charge >= 0.3 is 0 Å². The molecule has 0 heterocycles. The third-order valence-corrected chi connectivity index (χ3v) is 5.09. The fraction of sp³-hybridized carbons (Fsp3) is 0.381. The smallest absolute Gasteiger partial charge is 0.171 e. The average molecular weight is 371 g/mol. The van der Waals surface area contributed by atoms with Crippen LogP contribution < -0.4 is 20.1 Å². The first-order valence-electron chi connectivity index (χ1n) is 9.12. The van der Waals surface area contributed by atoms with Crippen molar-refractivity contribution in [1.29, 1.82) is 0 Å². The molecule has 5 heteroatoms. The largest absolute Gasteiger partial charge is 0.497 e. The van der Waals surface area contributed by atoms with Crippen molar-refractivity contribution in [3.8, 4) is 11.5 Å². The molecule has 138 valence electrons. The monoisotopic (exact) mass is 370 g/mol. The molecule has 0 amide bonds. The van der Waals surface area contributed by atoms with Crippen molar-refractivity contribution < 1.29 is 9.47 Å². The number of anilines is 1. The molecule has 0 aliphatic heterocycles. The van der Waals surface area contributed by atoms with Gasteiger partial charge in [0.05, 0.1) is 24.9 Å². The molecule has 0 aromatic heterocycles. The minimum atomic E-state index is -0.128. The van der Waals surface area contributed by atoms with Crippen LogP contribution in [-0.4, -0.2) is 18.8 Å². The lowest BCUT2D eigenvalue weighted by Crippen LogP contribution is -2.45. The Kier molecular flexibility index (Phi) is 5.99. The highest BCUT2D eigenvalue weighted by atomic mass is 32.1. The predicted molar refractivity (Wildman–Crippen MR) is 110 cm³/mol. The van der Waals surface area contributed by atoms with Crippen LogP contribution in [0.15, 0.2) is 48.5 Å². The van der Waals surface area contributed by atoms with Crippen molar-refractivity contribution in [2.45, 2.75) is 38.1 Å². The van der Waals surface area contributed by atoms with Crippen LogP contribution >= 0.6 is 12.2 Å². The highest BCUT2D eigenvalue weighted by Gasteiger charge is 2.36. The minimum Gasteiger partial charge on any atom is -0.497 e. The first kappa shape index (κ1) is 18.5. The average Bonchev–Trinajstić information content (AvgIpc) is 3.13. The highest BCUT2D eigenvalue weighted by molar-refractivity contribution is 7.80. The Hall–Kier alpha value is -2.27. The number of methoxy groups -OCH3 is 1. The highest BCUT2D eigenvalue weighted by Crippen LogP contribution is 2.39. The maximum atomic E-state index is 5.68. The number of hydrogen-bond donors (Lipinski definition) is 2. The Labute approximate surface area is 160 Å². The van der Waals surface area contributed by atoms with Crippen molar-refractivity contribution in [3.05, 3.63) is 54.1 Å². The van der Waals surface area contributed by atoms with E-state index in [1.165, 1.54) is 18.4 Å². The molecule has 1 saturated carbocycles. The van der Waals surface area contributed by atoms with Gasteiger partial charge in [0.15, 0.2) is 5.11 Å². The number of ether oxygens (including phenoxy) is 2. The number of rotatable bonds is 6. The fourth-order valence-electron chi connectivity index (χ4n) is 3.60. The van der Waals surface area contributed by atoms with E-state index in [2.05, 4.69) is 22.8 Å². The van der Waals surface area contributed by atoms with Crippen LogP contribution in [0.1, 0.15) is 38.2 Å². The molecule has 2 N–H and O–H groups in total. The molecule has 0 radical (unpaired) electrons. The van der Waals surface area contributed by atoms with E-state index in [-0.39, 0.29) is 5.54 Å². The van der Waals surface area contributed by atoms with E-state index >= 15 is 0 Å². The van der Waals surface area contributed by atoms with Gasteiger partial charge in [-0.25, -0.2) is 0 Å². The molecule has 0 bridgehead atoms. The molecule has 0 saturated heterocycles. The standard InChI is InChI=1S/C21H26N2O2S/c1-3-25-19-9-5-4-8-18(19)22-20(26)23-21(14-6-7-15-21)16-10-12-17(24-2)13-11-16/h4-5,8-13H,3,6-7,14-15H2,1-2H3,(H2,22,23,26). The van der Waals surface area contributed by atoms with E-state index in [1.807, 2.05) is 43.3 Å². The van der Waals surface area contributed by atoms with Crippen LogP contribution in [0.25, 0.3) is 0 Å². The summed E-state index contributed by atoms with van der Waals surface area (Å²) in [6.45, 7) is 2.60. The van der Waals surface area contributed by atoms with E-state index < -0.39 is 0 Å². The van der Waals surface area contributed by atoms with E-state index in [0.29, 0.717) is 11.7 Å². The molecule has 0 atom stereocenters. The zero-order chi connectivity index (χ0) is 18.4. The van der Waals surface area contributed by atoms with E-state index in [9.17, 15) is 0 Å². The summed E-state index contributed by atoms with van der Waals surface area (Å²) in [6, 6.07) is 16.2. The first-order valence-corrected chi connectivity index (χ1v) is 9.53. The summed E-state index contributed by atoms with van der Waals surface area (Å²) in [5.74, 6) is 1.68. The van der Waals surface area contributed by atoms with Gasteiger partial charge in [-0.15, -0.1) is 0 Å². The van der Waals surface area contributed by atoms with Gasteiger partial charge in [-0.05, 0) is 61.8 Å². The second kappa shape index (κ2) is 8.41. The van der Waals surface area contributed by atoms with E-state index in [0.717, 1.165) is 30.0 Å². The zero-order valence-electron chi connectivity index (χ0n) is 15.4. The van der Waals surface area contributed by atoms with E-state index in [4.69, 9.17) is 21.7 Å². The summed E-state index contributed by atoms with van der Waals surface area (Å²) in [5, 5.41) is 7.52. The van der Waals surface area contributed by atoms with Gasteiger partial charge in [-0.3, -0.25) is 0 Å². The lowest BCUT2D eigenvalue weighted by atomic mass is 9.88. The molecule has 2 aromatic rings. The van der Waals surface area contributed by atoms with Gasteiger partial charge < -0.3 is 20.1 Å². The molecule has 1 fully saturated rings. The van der Waals surface area contributed by atoms with Crippen LogP contribution in [0.2, 0.25) is 0 Å². The van der Waals surface area contributed by atoms with Crippen LogP contribution in [0.4, 0.5) is 5.69 Å². The second-order valence-corrected chi connectivity index (χ2v) is 6.93. The van der Waals surface area contributed by atoms with Crippen LogP contribution in [0.5, 0.6) is 11.5 Å². The fourth-order valence-corrected chi connectivity index (χ4v) is 3.90. The molecule has 1 aliphatic carbocycles. The Balaban J connectivity index is 1.76. The Morgan fingerprint density at radius 1 is 1.08 bits per heavy atom. The molecule has 3 rings (SSSR count).